The summed E-state index contributed by atoms with van der Waals surface area (Å²) in [6, 6.07) is -0.927. The number of piperidine rings is 1. The number of hydrogen-bond donors (Lipinski definition) is 1. The number of rotatable bonds is 4. The first kappa shape index (κ1) is 15.9. The van der Waals surface area contributed by atoms with E-state index < -0.39 is 24.7 Å². The van der Waals surface area contributed by atoms with Gasteiger partial charge >= 0.3 is 18.2 Å². The maximum absolute atomic E-state index is 12.6. The topological polar surface area (TPSA) is 60.9 Å². The summed E-state index contributed by atoms with van der Waals surface area (Å²) in [5.74, 6) is -1.12. The maximum Gasteiger partial charge on any atom is 0.406 e. The highest BCUT2D eigenvalue weighted by molar-refractivity contribution is 5.75. The maximum atomic E-state index is 12.6. The molecule has 2 aliphatic rings. The summed E-state index contributed by atoms with van der Waals surface area (Å²) < 4.78 is 37.7. The van der Waals surface area contributed by atoms with E-state index in [1.165, 1.54) is 4.90 Å². The predicted octanol–water partition coefficient (Wildman–Crippen LogP) is 2.32. The lowest BCUT2D eigenvalue weighted by molar-refractivity contribution is -0.142. The van der Waals surface area contributed by atoms with Crippen molar-refractivity contribution < 1.29 is 27.9 Å². The van der Waals surface area contributed by atoms with E-state index in [4.69, 9.17) is 5.11 Å². The first-order valence-corrected chi connectivity index (χ1v) is 7.10. The molecule has 2 fully saturated rings. The molecule has 1 heterocycles. The zero-order valence-corrected chi connectivity index (χ0v) is 11.6. The molecule has 8 heteroatoms. The Labute approximate surface area is 120 Å². The average Bonchev–Trinajstić information content (AvgIpc) is 3.18. The lowest BCUT2D eigenvalue weighted by atomic mass is 9.95. The lowest BCUT2D eigenvalue weighted by Gasteiger charge is -2.36. The fourth-order valence-corrected chi connectivity index (χ4v) is 2.77. The van der Waals surface area contributed by atoms with Gasteiger partial charge in [0.05, 0.1) is 0 Å². The van der Waals surface area contributed by atoms with E-state index in [1.807, 2.05) is 0 Å². The molecule has 2 rings (SSSR count). The van der Waals surface area contributed by atoms with E-state index in [2.05, 4.69) is 0 Å². The SMILES string of the molecule is O=C(O)CC1CCCN(C(=O)N(CC(F)(F)F)C2CC2)C1. The van der Waals surface area contributed by atoms with Gasteiger partial charge < -0.3 is 14.9 Å². The molecule has 1 saturated carbocycles. The second kappa shape index (κ2) is 6.11. The third-order valence-corrected chi connectivity index (χ3v) is 3.84. The normalized spacial score (nSPS) is 23.0. The number of amides is 2. The Hall–Kier alpha value is -1.47. The van der Waals surface area contributed by atoms with Crippen molar-refractivity contribution in [2.45, 2.75) is 44.3 Å². The van der Waals surface area contributed by atoms with Gasteiger partial charge in [-0.2, -0.15) is 13.2 Å². The third-order valence-electron chi connectivity index (χ3n) is 3.84. The van der Waals surface area contributed by atoms with Gasteiger partial charge in [-0.3, -0.25) is 4.79 Å². The Morgan fingerprint density at radius 2 is 1.90 bits per heavy atom. The van der Waals surface area contributed by atoms with Crippen molar-refractivity contribution >= 4 is 12.0 Å². The minimum Gasteiger partial charge on any atom is -0.481 e. The summed E-state index contributed by atoms with van der Waals surface area (Å²) in [7, 11) is 0. The number of aliphatic carboxylic acids is 1. The lowest BCUT2D eigenvalue weighted by Crippen LogP contribution is -2.51. The zero-order valence-electron chi connectivity index (χ0n) is 11.6. The fraction of sp³-hybridized carbons (Fsp3) is 0.846. The van der Waals surface area contributed by atoms with Crippen LogP contribution < -0.4 is 0 Å². The highest BCUT2D eigenvalue weighted by Gasteiger charge is 2.42. The molecule has 1 aliphatic heterocycles. The van der Waals surface area contributed by atoms with E-state index in [9.17, 15) is 22.8 Å². The average molecular weight is 308 g/mol. The number of hydrogen-bond acceptors (Lipinski definition) is 2. The van der Waals surface area contributed by atoms with Crippen molar-refractivity contribution in [1.29, 1.82) is 0 Å². The van der Waals surface area contributed by atoms with Gasteiger partial charge in [0.1, 0.15) is 6.54 Å². The summed E-state index contributed by atoms with van der Waals surface area (Å²) in [6.45, 7) is -0.598. The van der Waals surface area contributed by atoms with Gasteiger partial charge in [0.2, 0.25) is 0 Å². The van der Waals surface area contributed by atoms with Crippen LogP contribution in [0.25, 0.3) is 0 Å². The van der Waals surface area contributed by atoms with Crippen LogP contribution in [0.3, 0.4) is 0 Å². The van der Waals surface area contributed by atoms with Crippen molar-refractivity contribution in [2.24, 2.45) is 5.92 Å². The molecule has 1 atom stereocenters. The van der Waals surface area contributed by atoms with E-state index in [0.717, 1.165) is 4.90 Å². The minimum atomic E-state index is -4.41. The Morgan fingerprint density at radius 1 is 1.24 bits per heavy atom. The number of carboxylic acids is 1. The van der Waals surface area contributed by atoms with Gasteiger partial charge in [0.15, 0.2) is 0 Å². The molecule has 1 N–H and O–H groups in total. The predicted molar refractivity (Wildman–Crippen MR) is 67.7 cm³/mol. The molecular weight excluding hydrogens is 289 g/mol. The first-order valence-electron chi connectivity index (χ1n) is 7.10. The van der Waals surface area contributed by atoms with E-state index >= 15 is 0 Å². The molecule has 1 saturated heterocycles. The Kier molecular flexibility index (Phi) is 4.63. The number of carbonyl (C=O) groups is 2. The number of carbonyl (C=O) groups excluding carboxylic acids is 1. The quantitative estimate of drug-likeness (QED) is 0.867. The molecule has 0 radical (unpaired) electrons. The van der Waals surface area contributed by atoms with Crippen molar-refractivity contribution in [2.75, 3.05) is 19.6 Å². The molecule has 5 nitrogen and oxygen atoms in total. The number of likely N-dealkylation sites (tertiary alicyclic amines) is 1. The number of carboxylic acid groups (broad SMARTS) is 1. The van der Waals surface area contributed by atoms with Gasteiger partial charge in [0, 0.05) is 25.6 Å². The van der Waals surface area contributed by atoms with Gasteiger partial charge in [-0.15, -0.1) is 0 Å². The molecule has 0 aromatic carbocycles. The second-order valence-electron chi connectivity index (χ2n) is 5.81. The van der Waals surface area contributed by atoms with Gasteiger partial charge in [-0.1, -0.05) is 0 Å². The standard InChI is InChI=1S/C13H19F3N2O3/c14-13(15,16)8-18(10-3-4-10)12(21)17-5-1-2-9(7-17)6-11(19)20/h9-10H,1-8H2,(H,19,20). The van der Waals surface area contributed by atoms with Crippen LogP contribution in [0.5, 0.6) is 0 Å². The largest absolute Gasteiger partial charge is 0.481 e. The third kappa shape index (κ3) is 4.78. The van der Waals surface area contributed by atoms with Crippen LogP contribution in [0.15, 0.2) is 0 Å². The summed E-state index contributed by atoms with van der Waals surface area (Å²) >= 11 is 0. The van der Waals surface area contributed by atoms with E-state index in [0.29, 0.717) is 32.2 Å². The molecule has 1 unspecified atom stereocenters. The van der Waals surface area contributed by atoms with Crippen LogP contribution in [-0.2, 0) is 4.79 Å². The van der Waals surface area contributed by atoms with Crippen LogP contribution >= 0.6 is 0 Å². The molecule has 2 amide bonds. The monoisotopic (exact) mass is 308 g/mol. The van der Waals surface area contributed by atoms with Crippen LogP contribution in [-0.4, -0.2) is 58.8 Å². The molecule has 1 aliphatic carbocycles. The molecular formula is C13H19F3N2O3. The van der Waals surface area contributed by atoms with Crippen molar-refractivity contribution in [3.05, 3.63) is 0 Å². The molecule has 0 aromatic heterocycles. The van der Waals surface area contributed by atoms with Crippen molar-refractivity contribution in [1.82, 2.24) is 9.80 Å². The number of nitrogens with zero attached hydrogens (tertiary/aromatic N) is 2. The Balaban J connectivity index is 1.97. The summed E-state index contributed by atoms with van der Waals surface area (Å²) in [4.78, 5) is 25.3. The summed E-state index contributed by atoms with van der Waals surface area (Å²) in [5.41, 5.74) is 0. The highest BCUT2D eigenvalue weighted by atomic mass is 19.4. The number of urea groups is 1. The highest BCUT2D eigenvalue weighted by Crippen LogP contribution is 2.32. The number of alkyl halides is 3. The van der Waals surface area contributed by atoms with Crippen molar-refractivity contribution in [3.8, 4) is 0 Å². The smallest absolute Gasteiger partial charge is 0.406 e. The Bertz CT molecular complexity index is 410. The minimum absolute atomic E-state index is 0.0491. The second-order valence-corrected chi connectivity index (χ2v) is 5.81. The van der Waals surface area contributed by atoms with Gasteiger partial charge in [-0.25, -0.2) is 4.79 Å². The summed E-state index contributed by atoms with van der Waals surface area (Å²) in [5, 5.41) is 8.79. The fourth-order valence-electron chi connectivity index (χ4n) is 2.77. The molecule has 0 spiro atoms. The van der Waals surface area contributed by atoms with E-state index in [-0.39, 0.29) is 24.9 Å². The molecule has 0 bridgehead atoms. The van der Waals surface area contributed by atoms with Crippen molar-refractivity contribution in [3.63, 3.8) is 0 Å². The van der Waals surface area contributed by atoms with Gasteiger partial charge in [0.25, 0.3) is 0 Å². The van der Waals surface area contributed by atoms with Crippen LogP contribution in [0.2, 0.25) is 0 Å². The Morgan fingerprint density at radius 3 is 2.43 bits per heavy atom. The number of halogens is 3. The molecule has 21 heavy (non-hydrogen) atoms. The zero-order chi connectivity index (χ0) is 15.6. The summed E-state index contributed by atoms with van der Waals surface area (Å²) in [6.07, 6.45) is -1.92. The van der Waals surface area contributed by atoms with E-state index in [1.54, 1.807) is 0 Å². The van der Waals surface area contributed by atoms with Crippen LogP contribution in [0.1, 0.15) is 32.1 Å². The first-order chi connectivity index (χ1) is 9.76. The molecule has 120 valence electrons. The molecule has 0 aromatic rings. The van der Waals surface area contributed by atoms with Crippen LogP contribution in [0.4, 0.5) is 18.0 Å². The van der Waals surface area contributed by atoms with Gasteiger partial charge in [-0.05, 0) is 31.6 Å². The van der Waals surface area contributed by atoms with Crippen LogP contribution in [0, 0.1) is 5.92 Å².